The molecule has 0 radical (unpaired) electrons. The highest BCUT2D eigenvalue weighted by Gasteiger charge is 2.17. The van der Waals surface area contributed by atoms with Gasteiger partial charge in [0.05, 0.1) is 12.6 Å². The maximum absolute atomic E-state index is 11.9. The van der Waals surface area contributed by atoms with E-state index in [2.05, 4.69) is 5.32 Å². The van der Waals surface area contributed by atoms with Crippen molar-refractivity contribution in [3.63, 3.8) is 0 Å². The Labute approximate surface area is 109 Å². The van der Waals surface area contributed by atoms with Crippen LogP contribution in [0.5, 0.6) is 0 Å². The second kappa shape index (κ2) is 7.13. The number of anilines is 1. The number of benzene rings is 1. The summed E-state index contributed by atoms with van der Waals surface area (Å²) in [7, 11) is 0. The Balaban J connectivity index is 2.74. The smallest absolute Gasteiger partial charge is 0.241 e. The molecule has 4 nitrogen and oxygen atoms in total. The molecule has 4 heteroatoms. The average molecular weight is 250 g/mol. The van der Waals surface area contributed by atoms with Gasteiger partial charge in [0.25, 0.3) is 0 Å². The summed E-state index contributed by atoms with van der Waals surface area (Å²) in [6.45, 7) is 6.93. The molecule has 0 saturated carbocycles. The first-order chi connectivity index (χ1) is 8.56. The van der Waals surface area contributed by atoms with E-state index >= 15 is 0 Å². The number of hydrogen-bond donors (Lipinski definition) is 2. The minimum Gasteiger partial charge on any atom is -0.377 e. The van der Waals surface area contributed by atoms with Gasteiger partial charge < -0.3 is 15.8 Å². The van der Waals surface area contributed by atoms with Gasteiger partial charge in [-0.1, -0.05) is 32.0 Å². The predicted octanol–water partition coefficient (Wildman–Crippen LogP) is 2.14. The van der Waals surface area contributed by atoms with Crippen LogP contribution in [-0.2, 0) is 16.1 Å². The van der Waals surface area contributed by atoms with E-state index in [1.165, 1.54) is 0 Å². The van der Waals surface area contributed by atoms with Crippen molar-refractivity contribution in [2.45, 2.75) is 33.4 Å². The first-order valence-electron chi connectivity index (χ1n) is 6.28. The van der Waals surface area contributed by atoms with Crippen LogP contribution in [0.15, 0.2) is 24.3 Å². The fourth-order valence-corrected chi connectivity index (χ4v) is 1.50. The van der Waals surface area contributed by atoms with Crippen molar-refractivity contribution in [1.29, 1.82) is 0 Å². The lowest BCUT2D eigenvalue weighted by Crippen LogP contribution is -2.39. The molecule has 0 aliphatic heterocycles. The highest BCUT2D eigenvalue weighted by Crippen LogP contribution is 2.16. The van der Waals surface area contributed by atoms with Gasteiger partial charge >= 0.3 is 0 Å². The molecule has 0 fully saturated rings. The molecule has 0 aliphatic rings. The molecule has 0 spiro atoms. The van der Waals surface area contributed by atoms with Crippen LogP contribution in [0, 0.1) is 5.92 Å². The molecule has 1 amide bonds. The zero-order valence-electron chi connectivity index (χ0n) is 11.3. The van der Waals surface area contributed by atoms with Gasteiger partial charge in [-0.05, 0) is 18.9 Å². The van der Waals surface area contributed by atoms with E-state index < -0.39 is 6.04 Å². The molecule has 0 aliphatic carbocycles. The van der Waals surface area contributed by atoms with Crippen LogP contribution >= 0.6 is 0 Å². The van der Waals surface area contributed by atoms with E-state index in [0.717, 1.165) is 11.3 Å². The molecule has 0 unspecified atom stereocenters. The summed E-state index contributed by atoms with van der Waals surface area (Å²) in [6, 6.07) is 7.11. The first-order valence-corrected chi connectivity index (χ1v) is 6.28. The van der Waals surface area contributed by atoms with E-state index in [4.69, 9.17) is 10.5 Å². The van der Waals surface area contributed by atoms with Gasteiger partial charge in [-0.2, -0.15) is 0 Å². The number of hydrogen-bond acceptors (Lipinski definition) is 3. The number of amides is 1. The number of carbonyl (C=O) groups is 1. The quantitative estimate of drug-likeness (QED) is 0.813. The molecule has 1 aromatic carbocycles. The van der Waals surface area contributed by atoms with Gasteiger partial charge in [-0.15, -0.1) is 0 Å². The van der Waals surface area contributed by atoms with Crippen molar-refractivity contribution in [2.24, 2.45) is 11.7 Å². The van der Waals surface area contributed by atoms with Gasteiger partial charge in [0.1, 0.15) is 0 Å². The number of para-hydroxylation sites is 1. The molecule has 0 saturated heterocycles. The SMILES string of the molecule is CCOCc1ccccc1NC(=O)[C@H](N)C(C)C. The third-order valence-electron chi connectivity index (χ3n) is 2.76. The number of ether oxygens (including phenoxy) is 1. The molecule has 0 bridgehead atoms. The molecular weight excluding hydrogens is 228 g/mol. The monoisotopic (exact) mass is 250 g/mol. The summed E-state index contributed by atoms with van der Waals surface area (Å²) in [6.07, 6.45) is 0. The Kier molecular flexibility index (Phi) is 5.82. The van der Waals surface area contributed by atoms with Gasteiger partial charge in [-0.25, -0.2) is 0 Å². The highest BCUT2D eigenvalue weighted by molar-refractivity contribution is 5.95. The van der Waals surface area contributed by atoms with Crippen LogP contribution in [0.3, 0.4) is 0 Å². The van der Waals surface area contributed by atoms with Crippen molar-refractivity contribution < 1.29 is 9.53 Å². The summed E-state index contributed by atoms with van der Waals surface area (Å²) >= 11 is 0. The van der Waals surface area contributed by atoms with Gasteiger partial charge in [0.15, 0.2) is 0 Å². The predicted molar refractivity (Wildman–Crippen MR) is 73.2 cm³/mol. The first kappa shape index (κ1) is 14.7. The number of nitrogens with one attached hydrogen (secondary N) is 1. The van der Waals surface area contributed by atoms with Crippen LogP contribution < -0.4 is 11.1 Å². The average Bonchev–Trinajstić information content (AvgIpc) is 2.36. The van der Waals surface area contributed by atoms with Crippen LogP contribution in [0.25, 0.3) is 0 Å². The zero-order chi connectivity index (χ0) is 13.5. The fourth-order valence-electron chi connectivity index (χ4n) is 1.50. The van der Waals surface area contributed by atoms with E-state index in [9.17, 15) is 4.79 Å². The maximum atomic E-state index is 11.9. The second-order valence-corrected chi connectivity index (χ2v) is 4.55. The normalized spacial score (nSPS) is 12.5. The summed E-state index contributed by atoms with van der Waals surface area (Å²) in [4.78, 5) is 11.9. The van der Waals surface area contributed by atoms with Crippen LogP contribution in [0.1, 0.15) is 26.3 Å². The summed E-state index contributed by atoms with van der Waals surface area (Å²) < 4.78 is 5.37. The van der Waals surface area contributed by atoms with E-state index in [1.807, 2.05) is 45.0 Å². The molecular formula is C14H22N2O2. The molecule has 1 aromatic rings. The Bertz CT molecular complexity index is 391. The van der Waals surface area contributed by atoms with E-state index in [0.29, 0.717) is 13.2 Å². The Morgan fingerprint density at radius 2 is 2.06 bits per heavy atom. The molecule has 1 rings (SSSR count). The van der Waals surface area contributed by atoms with Gasteiger partial charge in [0, 0.05) is 17.9 Å². The lowest BCUT2D eigenvalue weighted by Gasteiger charge is -2.17. The third-order valence-corrected chi connectivity index (χ3v) is 2.76. The fraction of sp³-hybridized carbons (Fsp3) is 0.500. The topological polar surface area (TPSA) is 64.3 Å². The minimum absolute atomic E-state index is 0.115. The molecule has 18 heavy (non-hydrogen) atoms. The van der Waals surface area contributed by atoms with Crippen molar-refractivity contribution in [3.8, 4) is 0 Å². The van der Waals surface area contributed by atoms with Crippen molar-refractivity contribution in [1.82, 2.24) is 0 Å². The summed E-state index contributed by atoms with van der Waals surface area (Å²) in [5, 5.41) is 2.86. The molecule has 0 aromatic heterocycles. The zero-order valence-corrected chi connectivity index (χ0v) is 11.3. The number of rotatable bonds is 6. The van der Waals surface area contributed by atoms with Gasteiger partial charge in [-0.3, -0.25) is 4.79 Å². The standard InChI is InChI=1S/C14H22N2O2/c1-4-18-9-11-7-5-6-8-12(11)16-14(17)13(15)10(2)3/h5-8,10,13H,4,9,15H2,1-3H3,(H,16,17)/t13-/m1/s1. The van der Waals surface area contributed by atoms with Crippen LogP contribution in [-0.4, -0.2) is 18.6 Å². The summed E-state index contributed by atoms with van der Waals surface area (Å²) in [5.41, 5.74) is 7.55. The van der Waals surface area contributed by atoms with Gasteiger partial charge in [0.2, 0.25) is 5.91 Å². The largest absolute Gasteiger partial charge is 0.377 e. The van der Waals surface area contributed by atoms with Crippen LogP contribution in [0.2, 0.25) is 0 Å². The molecule has 1 atom stereocenters. The molecule has 3 N–H and O–H groups in total. The second-order valence-electron chi connectivity index (χ2n) is 4.55. The maximum Gasteiger partial charge on any atom is 0.241 e. The number of nitrogens with two attached hydrogens (primary N) is 1. The number of carbonyl (C=O) groups excluding carboxylic acids is 1. The molecule has 0 heterocycles. The summed E-state index contributed by atoms with van der Waals surface area (Å²) in [5.74, 6) is -0.0435. The lowest BCUT2D eigenvalue weighted by atomic mass is 10.0. The van der Waals surface area contributed by atoms with Crippen molar-refractivity contribution in [2.75, 3.05) is 11.9 Å². The lowest BCUT2D eigenvalue weighted by molar-refractivity contribution is -0.118. The Morgan fingerprint density at radius 3 is 2.67 bits per heavy atom. The highest BCUT2D eigenvalue weighted by atomic mass is 16.5. The van der Waals surface area contributed by atoms with Crippen molar-refractivity contribution in [3.05, 3.63) is 29.8 Å². The van der Waals surface area contributed by atoms with Crippen LogP contribution in [0.4, 0.5) is 5.69 Å². The molecule has 100 valence electrons. The Hall–Kier alpha value is -1.39. The van der Waals surface area contributed by atoms with Crippen molar-refractivity contribution >= 4 is 11.6 Å². The minimum atomic E-state index is -0.495. The third kappa shape index (κ3) is 4.13. The van der Waals surface area contributed by atoms with E-state index in [-0.39, 0.29) is 11.8 Å². The Morgan fingerprint density at radius 1 is 1.39 bits per heavy atom. The van der Waals surface area contributed by atoms with E-state index in [1.54, 1.807) is 0 Å².